The minimum Gasteiger partial charge on any atom is -0.388 e. The van der Waals surface area contributed by atoms with Crippen LogP contribution < -0.4 is 10.6 Å². The third-order valence-electron chi connectivity index (χ3n) is 5.58. The summed E-state index contributed by atoms with van der Waals surface area (Å²) in [6, 6.07) is 16.8. The standard InChI is InChI=1S/C19H23N3O2S.C8H8N2/c1-2-10-22(13-23)12-14-6-5-7-15(11-14)18(24)21-19-20-16-8-3-4-9-17(16)25-19;1-10-8-4-2-3-7(5-8)6-9/h5-7,11,13H,2-4,8-10,12H2,1H3,(H,20,21,24);2-5,10H,1H3. The Bertz CT molecular complexity index is 1160. The van der Waals surface area contributed by atoms with E-state index >= 15 is 0 Å². The van der Waals surface area contributed by atoms with Gasteiger partial charge < -0.3 is 10.2 Å². The molecule has 4 rings (SSSR count). The van der Waals surface area contributed by atoms with E-state index in [0.717, 1.165) is 42.6 Å². The molecule has 1 aromatic heterocycles. The van der Waals surface area contributed by atoms with Crippen molar-refractivity contribution in [1.82, 2.24) is 9.88 Å². The van der Waals surface area contributed by atoms with Crippen molar-refractivity contribution in [2.45, 2.75) is 45.6 Å². The van der Waals surface area contributed by atoms with Crippen molar-refractivity contribution in [3.63, 3.8) is 0 Å². The molecule has 7 nitrogen and oxygen atoms in total. The van der Waals surface area contributed by atoms with Gasteiger partial charge in [0.1, 0.15) is 0 Å². The second kappa shape index (κ2) is 13.3. The molecule has 3 aromatic rings. The predicted molar refractivity (Wildman–Crippen MR) is 141 cm³/mol. The normalized spacial score (nSPS) is 11.8. The van der Waals surface area contributed by atoms with Crippen LogP contribution in [0.3, 0.4) is 0 Å². The third-order valence-corrected chi connectivity index (χ3v) is 6.65. The molecule has 0 unspecified atom stereocenters. The topological polar surface area (TPSA) is 98.1 Å². The molecule has 0 bridgehead atoms. The van der Waals surface area contributed by atoms with E-state index in [2.05, 4.69) is 21.7 Å². The zero-order valence-corrected chi connectivity index (χ0v) is 21.0. The van der Waals surface area contributed by atoms with Gasteiger partial charge in [0.15, 0.2) is 5.13 Å². The minimum atomic E-state index is -0.152. The van der Waals surface area contributed by atoms with Crippen LogP contribution in [0.25, 0.3) is 0 Å². The van der Waals surface area contributed by atoms with Crippen molar-refractivity contribution in [3.05, 3.63) is 75.8 Å². The summed E-state index contributed by atoms with van der Waals surface area (Å²) in [5, 5.41) is 15.0. The average molecular weight is 490 g/mol. The molecule has 0 spiro atoms. The monoisotopic (exact) mass is 489 g/mol. The van der Waals surface area contributed by atoms with Crippen molar-refractivity contribution < 1.29 is 9.59 Å². The number of rotatable bonds is 8. The van der Waals surface area contributed by atoms with Gasteiger partial charge in [-0.25, -0.2) is 4.98 Å². The van der Waals surface area contributed by atoms with Gasteiger partial charge in [-0.15, -0.1) is 11.3 Å². The van der Waals surface area contributed by atoms with Gasteiger partial charge in [-0.3, -0.25) is 14.9 Å². The van der Waals surface area contributed by atoms with E-state index in [-0.39, 0.29) is 5.91 Å². The molecular weight excluding hydrogens is 458 g/mol. The molecule has 2 aromatic carbocycles. The maximum absolute atomic E-state index is 12.5. The van der Waals surface area contributed by atoms with E-state index < -0.39 is 0 Å². The van der Waals surface area contributed by atoms with Crippen LogP contribution in [0, 0.1) is 11.3 Å². The van der Waals surface area contributed by atoms with Crippen molar-refractivity contribution in [3.8, 4) is 6.07 Å². The van der Waals surface area contributed by atoms with Crippen LogP contribution in [0.4, 0.5) is 10.8 Å². The van der Waals surface area contributed by atoms with Crippen molar-refractivity contribution >= 4 is 34.5 Å². The highest BCUT2D eigenvalue weighted by Gasteiger charge is 2.17. The number of carbonyl (C=O) groups excluding carboxylic acids is 2. The molecule has 8 heteroatoms. The van der Waals surface area contributed by atoms with Crippen LogP contribution in [0.2, 0.25) is 0 Å². The summed E-state index contributed by atoms with van der Waals surface area (Å²) >= 11 is 1.59. The number of benzene rings is 2. The third kappa shape index (κ3) is 7.66. The van der Waals surface area contributed by atoms with E-state index in [4.69, 9.17) is 5.26 Å². The molecule has 0 atom stereocenters. The number of thiazole rings is 1. The average Bonchev–Trinajstić information content (AvgIpc) is 3.31. The van der Waals surface area contributed by atoms with Crippen LogP contribution in [-0.2, 0) is 24.2 Å². The lowest BCUT2D eigenvalue weighted by molar-refractivity contribution is -0.118. The Labute approximate surface area is 210 Å². The lowest BCUT2D eigenvalue weighted by atomic mass is 10.0. The smallest absolute Gasteiger partial charge is 0.257 e. The molecule has 0 fully saturated rings. The van der Waals surface area contributed by atoms with E-state index in [1.54, 1.807) is 34.4 Å². The molecule has 1 aliphatic carbocycles. The number of hydrogen-bond acceptors (Lipinski definition) is 6. The fraction of sp³-hybridized carbons (Fsp3) is 0.333. The highest BCUT2D eigenvalue weighted by atomic mass is 32.1. The van der Waals surface area contributed by atoms with Crippen LogP contribution in [0.1, 0.15) is 58.2 Å². The van der Waals surface area contributed by atoms with Crippen molar-refractivity contribution in [2.75, 3.05) is 24.2 Å². The van der Waals surface area contributed by atoms with Crippen LogP contribution in [-0.4, -0.2) is 35.8 Å². The first-order chi connectivity index (χ1) is 17.1. The first-order valence-corrected chi connectivity index (χ1v) is 12.6. The number of nitrogens with one attached hydrogen (secondary N) is 2. The maximum atomic E-state index is 12.5. The number of nitrogens with zero attached hydrogens (tertiary/aromatic N) is 3. The van der Waals surface area contributed by atoms with E-state index in [1.807, 2.05) is 44.3 Å². The summed E-state index contributed by atoms with van der Waals surface area (Å²) in [6.07, 6.45) is 6.23. The number of nitriles is 1. The maximum Gasteiger partial charge on any atom is 0.257 e. The van der Waals surface area contributed by atoms with Crippen LogP contribution in [0.15, 0.2) is 48.5 Å². The molecule has 0 saturated heterocycles. The molecule has 1 heterocycles. The number of carbonyl (C=O) groups is 2. The van der Waals surface area contributed by atoms with Gasteiger partial charge in [-0.1, -0.05) is 25.1 Å². The molecule has 0 radical (unpaired) electrons. The Kier molecular flexibility index (Phi) is 9.81. The van der Waals surface area contributed by atoms with Gasteiger partial charge >= 0.3 is 0 Å². The summed E-state index contributed by atoms with van der Waals surface area (Å²) in [7, 11) is 1.83. The summed E-state index contributed by atoms with van der Waals surface area (Å²) in [4.78, 5) is 31.2. The van der Waals surface area contributed by atoms with Gasteiger partial charge in [0.25, 0.3) is 5.91 Å². The summed E-state index contributed by atoms with van der Waals surface area (Å²) in [5.74, 6) is -0.152. The number of amides is 2. The van der Waals surface area contributed by atoms with Gasteiger partial charge in [-0.05, 0) is 68.0 Å². The summed E-state index contributed by atoms with van der Waals surface area (Å²) in [5.41, 5.74) is 4.34. The number of hydrogen-bond donors (Lipinski definition) is 2. The molecule has 2 amide bonds. The lowest BCUT2D eigenvalue weighted by Crippen LogP contribution is -2.22. The van der Waals surface area contributed by atoms with Gasteiger partial charge in [-0.2, -0.15) is 5.26 Å². The summed E-state index contributed by atoms with van der Waals surface area (Å²) < 4.78 is 0. The molecule has 1 aliphatic rings. The van der Waals surface area contributed by atoms with Gasteiger partial charge in [0, 0.05) is 36.3 Å². The fourth-order valence-corrected chi connectivity index (χ4v) is 4.87. The Morgan fingerprint density at radius 1 is 1.20 bits per heavy atom. The van der Waals surface area contributed by atoms with Crippen LogP contribution >= 0.6 is 11.3 Å². The lowest BCUT2D eigenvalue weighted by Gasteiger charge is -2.16. The number of aryl methyl sites for hydroxylation is 2. The molecule has 0 aliphatic heterocycles. The second-order valence-electron chi connectivity index (χ2n) is 8.27. The van der Waals surface area contributed by atoms with E-state index in [9.17, 15) is 9.59 Å². The highest BCUT2D eigenvalue weighted by Crippen LogP contribution is 2.29. The zero-order valence-electron chi connectivity index (χ0n) is 20.2. The fourth-order valence-electron chi connectivity index (χ4n) is 3.82. The number of anilines is 2. The first-order valence-electron chi connectivity index (χ1n) is 11.8. The highest BCUT2D eigenvalue weighted by molar-refractivity contribution is 7.15. The zero-order chi connectivity index (χ0) is 25.0. The van der Waals surface area contributed by atoms with Crippen molar-refractivity contribution in [2.24, 2.45) is 0 Å². The Balaban J connectivity index is 0.000000287. The Morgan fingerprint density at radius 2 is 2.00 bits per heavy atom. The molecule has 35 heavy (non-hydrogen) atoms. The quantitative estimate of drug-likeness (QED) is 0.422. The molecular formula is C27H31N5O2S. The Hall–Kier alpha value is -3.70. The SMILES string of the molecule is CCCN(C=O)Cc1cccc(C(=O)Nc2nc3c(s2)CCCC3)c1.CNc1cccc(C#N)c1. The van der Waals surface area contributed by atoms with Crippen LogP contribution in [0.5, 0.6) is 0 Å². The van der Waals surface area contributed by atoms with E-state index in [1.165, 1.54) is 17.7 Å². The number of aromatic nitrogens is 1. The predicted octanol–water partition coefficient (Wildman–Crippen LogP) is 5.24. The van der Waals surface area contributed by atoms with Gasteiger partial charge in [0.2, 0.25) is 6.41 Å². The Morgan fingerprint density at radius 3 is 2.71 bits per heavy atom. The second-order valence-corrected chi connectivity index (χ2v) is 9.35. The molecule has 2 N–H and O–H groups in total. The number of fused-ring (bicyclic) bond motifs is 1. The molecule has 182 valence electrons. The summed E-state index contributed by atoms with van der Waals surface area (Å²) in [6.45, 7) is 3.27. The van der Waals surface area contributed by atoms with Crippen molar-refractivity contribution in [1.29, 1.82) is 5.26 Å². The molecule has 0 saturated carbocycles. The largest absolute Gasteiger partial charge is 0.388 e. The minimum absolute atomic E-state index is 0.152. The first kappa shape index (κ1) is 25.9. The van der Waals surface area contributed by atoms with E-state index in [0.29, 0.717) is 29.3 Å². The van der Waals surface area contributed by atoms with Gasteiger partial charge in [0.05, 0.1) is 17.3 Å².